The van der Waals surface area contributed by atoms with Gasteiger partial charge in [-0.05, 0) is 43.7 Å². The number of aliphatic hydroxyl groups excluding tert-OH is 1. The number of carbonyl (C=O) groups is 1. The molecule has 0 aliphatic carbocycles. The Hall–Kier alpha value is -0.580. The summed E-state index contributed by atoms with van der Waals surface area (Å²) >= 11 is 7.41. The van der Waals surface area contributed by atoms with E-state index in [0.717, 1.165) is 41.6 Å². The van der Waals surface area contributed by atoms with Crippen LogP contribution in [-0.2, 0) is 4.79 Å². The second-order valence-electron chi connectivity index (χ2n) is 5.70. The van der Waals surface area contributed by atoms with E-state index in [1.807, 2.05) is 24.0 Å². The standard InChI is InChI=1S/C15H22ClNO2S/c1-3-15(10-18)6-8-17(9-7-15)14(19)11(2)12-4-5-13(16)20-12/h4-5,11,18H,3,6-10H2,1-2H3. The van der Waals surface area contributed by atoms with Crippen molar-refractivity contribution in [2.24, 2.45) is 5.41 Å². The van der Waals surface area contributed by atoms with Gasteiger partial charge in [0.15, 0.2) is 0 Å². The fraction of sp³-hybridized carbons (Fsp3) is 0.667. The van der Waals surface area contributed by atoms with E-state index in [4.69, 9.17) is 11.6 Å². The van der Waals surface area contributed by atoms with E-state index in [9.17, 15) is 9.90 Å². The van der Waals surface area contributed by atoms with Crippen LogP contribution in [0.25, 0.3) is 0 Å². The molecule has 2 heterocycles. The van der Waals surface area contributed by atoms with Crippen LogP contribution < -0.4 is 0 Å². The molecule has 3 nitrogen and oxygen atoms in total. The molecule has 1 amide bonds. The first kappa shape index (κ1) is 15.8. The average molecular weight is 316 g/mol. The van der Waals surface area contributed by atoms with Crippen molar-refractivity contribution in [2.45, 2.75) is 39.0 Å². The molecular weight excluding hydrogens is 294 g/mol. The van der Waals surface area contributed by atoms with E-state index in [2.05, 4.69) is 6.92 Å². The van der Waals surface area contributed by atoms with Gasteiger partial charge in [0.05, 0.1) is 10.3 Å². The van der Waals surface area contributed by atoms with Gasteiger partial charge < -0.3 is 10.0 Å². The Kier molecular flexibility index (Phi) is 5.10. The van der Waals surface area contributed by atoms with Crippen LogP contribution in [0.5, 0.6) is 0 Å². The first-order valence-electron chi connectivity index (χ1n) is 7.16. The maximum atomic E-state index is 12.5. The van der Waals surface area contributed by atoms with Crippen LogP contribution in [0.15, 0.2) is 12.1 Å². The van der Waals surface area contributed by atoms with Gasteiger partial charge in [-0.25, -0.2) is 0 Å². The number of nitrogens with zero attached hydrogens (tertiary/aromatic N) is 1. The average Bonchev–Trinajstić information content (AvgIpc) is 2.92. The van der Waals surface area contributed by atoms with Gasteiger partial charge in [0.25, 0.3) is 0 Å². The van der Waals surface area contributed by atoms with E-state index in [0.29, 0.717) is 0 Å². The van der Waals surface area contributed by atoms with Crippen molar-refractivity contribution in [2.75, 3.05) is 19.7 Å². The molecular formula is C15H22ClNO2S. The number of hydrogen-bond acceptors (Lipinski definition) is 3. The molecule has 1 aliphatic heterocycles. The lowest BCUT2D eigenvalue weighted by molar-refractivity contribution is -0.135. The van der Waals surface area contributed by atoms with Gasteiger partial charge >= 0.3 is 0 Å². The minimum Gasteiger partial charge on any atom is -0.396 e. The van der Waals surface area contributed by atoms with Gasteiger partial charge in [-0.2, -0.15) is 0 Å². The minimum absolute atomic E-state index is 0.0201. The molecule has 20 heavy (non-hydrogen) atoms. The summed E-state index contributed by atoms with van der Waals surface area (Å²) in [5.41, 5.74) is 0.0201. The summed E-state index contributed by atoms with van der Waals surface area (Å²) in [6.45, 7) is 5.77. The zero-order valence-electron chi connectivity index (χ0n) is 12.1. The van der Waals surface area contributed by atoms with Crippen LogP contribution in [0.1, 0.15) is 43.9 Å². The fourth-order valence-electron chi connectivity index (χ4n) is 2.78. The SMILES string of the molecule is CCC1(CO)CCN(C(=O)C(C)c2ccc(Cl)s2)CC1. The molecule has 112 valence electrons. The highest BCUT2D eigenvalue weighted by Gasteiger charge is 2.35. The Balaban J connectivity index is 1.98. The smallest absolute Gasteiger partial charge is 0.230 e. The summed E-state index contributed by atoms with van der Waals surface area (Å²) in [5.74, 6) is 0.0434. The van der Waals surface area contributed by atoms with Crippen LogP contribution in [0.2, 0.25) is 4.34 Å². The van der Waals surface area contributed by atoms with Gasteiger partial charge in [-0.1, -0.05) is 18.5 Å². The van der Waals surface area contributed by atoms with Gasteiger partial charge in [0.1, 0.15) is 0 Å². The molecule has 0 radical (unpaired) electrons. The Morgan fingerprint density at radius 3 is 2.60 bits per heavy atom. The summed E-state index contributed by atoms with van der Waals surface area (Å²) in [4.78, 5) is 15.5. The molecule has 1 fully saturated rings. The highest BCUT2D eigenvalue weighted by atomic mass is 35.5. The number of amides is 1. The largest absolute Gasteiger partial charge is 0.396 e. The molecule has 0 spiro atoms. The molecule has 1 unspecified atom stereocenters. The molecule has 0 saturated carbocycles. The number of thiophene rings is 1. The lowest BCUT2D eigenvalue weighted by atomic mass is 9.77. The van der Waals surface area contributed by atoms with Gasteiger partial charge in [0.2, 0.25) is 5.91 Å². The van der Waals surface area contributed by atoms with Crippen molar-refractivity contribution in [3.63, 3.8) is 0 Å². The monoisotopic (exact) mass is 315 g/mol. The van der Waals surface area contributed by atoms with Crippen molar-refractivity contribution in [1.82, 2.24) is 4.90 Å². The van der Waals surface area contributed by atoms with Crippen LogP contribution in [-0.4, -0.2) is 35.6 Å². The third kappa shape index (κ3) is 3.18. The summed E-state index contributed by atoms with van der Waals surface area (Å²) in [6, 6.07) is 3.78. The molecule has 0 aromatic carbocycles. The molecule has 1 atom stereocenters. The Morgan fingerprint density at radius 1 is 1.50 bits per heavy atom. The Labute approximate surface area is 129 Å². The quantitative estimate of drug-likeness (QED) is 0.923. The van der Waals surface area contributed by atoms with E-state index >= 15 is 0 Å². The van der Waals surface area contributed by atoms with Crippen molar-refractivity contribution in [1.29, 1.82) is 0 Å². The molecule has 5 heteroatoms. The van der Waals surface area contributed by atoms with Crippen LogP contribution >= 0.6 is 22.9 Å². The Morgan fingerprint density at radius 2 is 2.15 bits per heavy atom. The Bertz CT molecular complexity index is 460. The van der Waals surface area contributed by atoms with E-state index in [1.54, 1.807) is 0 Å². The maximum Gasteiger partial charge on any atom is 0.230 e. The summed E-state index contributed by atoms with van der Waals surface area (Å²) in [7, 11) is 0. The molecule has 1 aromatic rings. The van der Waals surface area contributed by atoms with Crippen molar-refractivity contribution in [3.8, 4) is 0 Å². The molecule has 2 rings (SSSR count). The van der Waals surface area contributed by atoms with Crippen LogP contribution in [0, 0.1) is 5.41 Å². The second kappa shape index (κ2) is 6.46. The van der Waals surface area contributed by atoms with Gasteiger partial charge in [-0.15, -0.1) is 11.3 Å². The number of rotatable bonds is 4. The molecule has 1 saturated heterocycles. The lowest BCUT2D eigenvalue weighted by Crippen LogP contribution is -2.45. The van der Waals surface area contributed by atoms with Gasteiger partial charge in [0, 0.05) is 24.6 Å². The molecule has 1 aliphatic rings. The highest BCUT2D eigenvalue weighted by Crippen LogP contribution is 2.36. The van der Waals surface area contributed by atoms with Crippen molar-refractivity contribution < 1.29 is 9.90 Å². The molecule has 1 aromatic heterocycles. The number of halogens is 1. The maximum absolute atomic E-state index is 12.5. The number of likely N-dealkylation sites (tertiary alicyclic amines) is 1. The topological polar surface area (TPSA) is 40.5 Å². The summed E-state index contributed by atoms with van der Waals surface area (Å²) in [6.07, 6.45) is 2.76. The second-order valence-corrected chi connectivity index (χ2v) is 7.45. The predicted molar refractivity (Wildman–Crippen MR) is 83.4 cm³/mol. The van der Waals surface area contributed by atoms with E-state index in [1.165, 1.54) is 11.3 Å². The zero-order chi connectivity index (χ0) is 14.8. The normalized spacial score (nSPS) is 19.9. The number of carbonyl (C=O) groups excluding carboxylic acids is 1. The zero-order valence-corrected chi connectivity index (χ0v) is 13.6. The first-order valence-corrected chi connectivity index (χ1v) is 8.35. The number of hydrogen-bond donors (Lipinski definition) is 1. The fourth-order valence-corrected chi connectivity index (χ4v) is 3.89. The number of aliphatic hydroxyl groups is 1. The lowest BCUT2D eigenvalue weighted by Gasteiger charge is -2.41. The van der Waals surface area contributed by atoms with Crippen molar-refractivity contribution in [3.05, 3.63) is 21.3 Å². The number of piperidine rings is 1. The van der Waals surface area contributed by atoms with Crippen LogP contribution in [0.3, 0.4) is 0 Å². The first-order chi connectivity index (χ1) is 9.51. The molecule has 1 N–H and O–H groups in total. The molecule has 0 bridgehead atoms. The third-order valence-electron chi connectivity index (χ3n) is 4.61. The summed E-state index contributed by atoms with van der Waals surface area (Å²) < 4.78 is 0.726. The predicted octanol–water partition coefficient (Wildman–Crippen LogP) is 3.52. The van der Waals surface area contributed by atoms with E-state index < -0.39 is 0 Å². The highest BCUT2D eigenvalue weighted by molar-refractivity contribution is 7.16. The minimum atomic E-state index is -0.129. The van der Waals surface area contributed by atoms with Crippen LogP contribution in [0.4, 0.5) is 0 Å². The van der Waals surface area contributed by atoms with E-state index in [-0.39, 0.29) is 23.8 Å². The van der Waals surface area contributed by atoms with Crippen molar-refractivity contribution >= 4 is 28.8 Å². The van der Waals surface area contributed by atoms with Gasteiger partial charge in [-0.3, -0.25) is 4.79 Å². The third-order valence-corrected chi connectivity index (χ3v) is 6.03. The summed E-state index contributed by atoms with van der Waals surface area (Å²) in [5, 5.41) is 9.54.